The summed E-state index contributed by atoms with van der Waals surface area (Å²) in [6.07, 6.45) is 0.200. The summed E-state index contributed by atoms with van der Waals surface area (Å²) in [7, 11) is 0. The van der Waals surface area contributed by atoms with E-state index in [1.807, 2.05) is 52.0 Å². The number of carbonyl (C=O) groups excluding carboxylic acids is 2. The fourth-order valence-corrected chi connectivity index (χ4v) is 2.36. The quantitative estimate of drug-likeness (QED) is 0.765. The minimum absolute atomic E-state index is 0.129. The van der Waals surface area contributed by atoms with Crippen LogP contribution in [0.25, 0.3) is 0 Å². The van der Waals surface area contributed by atoms with Gasteiger partial charge in [-0.25, -0.2) is 0 Å². The van der Waals surface area contributed by atoms with E-state index in [0.29, 0.717) is 17.0 Å². The van der Waals surface area contributed by atoms with Gasteiger partial charge in [-0.05, 0) is 76.1 Å². The van der Waals surface area contributed by atoms with Gasteiger partial charge >= 0.3 is 0 Å². The van der Waals surface area contributed by atoms with Crippen molar-refractivity contribution >= 4 is 17.5 Å². The highest BCUT2D eigenvalue weighted by Crippen LogP contribution is 2.16. The third-order valence-corrected chi connectivity index (χ3v) is 4.42. The number of carbonyl (C=O) groups is 2. The van der Waals surface area contributed by atoms with Crippen LogP contribution in [0.5, 0.6) is 5.75 Å². The molecule has 2 N–H and O–H groups in total. The third-order valence-electron chi connectivity index (χ3n) is 4.42. The van der Waals surface area contributed by atoms with Gasteiger partial charge in [-0.3, -0.25) is 9.59 Å². The molecule has 0 saturated carbocycles. The lowest BCUT2D eigenvalue weighted by Crippen LogP contribution is -2.42. The second-order valence-corrected chi connectivity index (χ2v) is 7.33. The maximum absolute atomic E-state index is 12.3. The molecule has 0 heterocycles. The third kappa shape index (κ3) is 6.13. The van der Waals surface area contributed by atoms with E-state index in [1.165, 1.54) is 0 Å². The molecule has 0 radical (unpaired) electrons. The van der Waals surface area contributed by atoms with Gasteiger partial charge in [0.05, 0.1) is 0 Å². The average Bonchev–Trinajstić information content (AvgIpc) is 2.62. The van der Waals surface area contributed by atoms with Gasteiger partial charge < -0.3 is 15.4 Å². The van der Waals surface area contributed by atoms with Gasteiger partial charge in [0.2, 0.25) is 0 Å². The summed E-state index contributed by atoms with van der Waals surface area (Å²) in [6, 6.07) is 14.4. The molecule has 0 saturated heterocycles. The number of rotatable bonds is 7. The highest BCUT2D eigenvalue weighted by molar-refractivity contribution is 5.97. The summed E-state index contributed by atoms with van der Waals surface area (Å²) >= 11 is 0. The number of nitrogens with one attached hydrogen (secondary N) is 2. The predicted molar refractivity (Wildman–Crippen MR) is 108 cm³/mol. The lowest BCUT2D eigenvalue weighted by atomic mass is 10.0. The first-order chi connectivity index (χ1) is 12.7. The van der Waals surface area contributed by atoms with Crippen LogP contribution in [0.3, 0.4) is 0 Å². The standard InChI is InChI=1S/C22H28N2O3/c1-6-22(4,5)24-21(26)17-10-12-18(13-11-17)23-20(25)16(3)27-19-9-7-8-15(2)14-19/h7-14,16H,6H2,1-5H3,(H,23,25)(H,24,26). The molecule has 0 aromatic heterocycles. The van der Waals surface area contributed by atoms with E-state index in [9.17, 15) is 9.59 Å². The number of aryl methyl sites for hydroxylation is 1. The zero-order valence-electron chi connectivity index (χ0n) is 16.6. The number of amides is 2. The highest BCUT2D eigenvalue weighted by Gasteiger charge is 2.19. The van der Waals surface area contributed by atoms with Gasteiger partial charge in [0.1, 0.15) is 5.75 Å². The van der Waals surface area contributed by atoms with Gasteiger partial charge in [-0.2, -0.15) is 0 Å². The van der Waals surface area contributed by atoms with Crippen molar-refractivity contribution in [2.45, 2.75) is 52.7 Å². The molecular formula is C22H28N2O3. The summed E-state index contributed by atoms with van der Waals surface area (Å²) in [6.45, 7) is 9.66. The van der Waals surface area contributed by atoms with Crippen LogP contribution >= 0.6 is 0 Å². The highest BCUT2D eigenvalue weighted by atomic mass is 16.5. The Balaban J connectivity index is 1.95. The van der Waals surface area contributed by atoms with Crippen LogP contribution in [-0.2, 0) is 4.79 Å². The molecule has 0 aliphatic rings. The SMILES string of the molecule is CCC(C)(C)NC(=O)c1ccc(NC(=O)C(C)Oc2cccc(C)c2)cc1. The van der Waals surface area contributed by atoms with Crippen LogP contribution < -0.4 is 15.4 Å². The Labute approximate surface area is 161 Å². The zero-order chi connectivity index (χ0) is 20.0. The van der Waals surface area contributed by atoms with Crippen molar-refractivity contribution in [3.8, 4) is 5.75 Å². The minimum atomic E-state index is -0.639. The van der Waals surface area contributed by atoms with E-state index < -0.39 is 6.10 Å². The molecule has 2 rings (SSSR count). The van der Waals surface area contributed by atoms with E-state index in [2.05, 4.69) is 10.6 Å². The molecule has 0 bridgehead atoms. The van der Waals surface area contributed by atoms with Gasteiger partial charge in [0.15, 0.2) is 6.10 Å². The Morgan fingerprint density at radius 2 is 1.78 bits per heavy atom. The second-order valence-electron chi connectivity index (χ2n) is 7.33. The predicted octanol–water partition coefficient (Wildman–Crippen LogP) is 4.32. The van der Waals surface area contributed by atoms with E-state index in [4.69, 9.17) is 4.74 Å². The number of ether oxygens (including phenoxy) is 1. The maximum atomic E-state index is 12.3. The zero-order valence-corrected chi connectivity index (χ0v) is 16.6. The van der Waals surface area contributed by atoms with Gasteiger partial charge in [-0.1, -0.05) is 19.1 Å². The maximum Gasteiger partial charge on any atom is 0.265 e. The molecule has 5 heteroatoms. The Morgan fingerprint density at radius 1 is 1.11 bits per heavy atom. The first-order valence-corrected chi connectivity index (χ1v) is 9.17. The van der Waals surface area contributed by atoms with E-state index in [0.717, 1.165) is 12.0 Å². The Bertz CT molecular complexity index is 797. The van der Waals surface area contributed by atoms with E-state index >= 15 is 0 Å². The van der Waals surface area contributed by atoms with Crippen molar-refractivity contribution in [1.29, 1.82) is 0 Å². The first-order valence-electron chi connectivity index (χ1n) is 9.17. The average molecular weight is 368 g/mol. The fourth-order valence-electron chi connectivity index (χ4n) is 2.36. The van der Waals surface area contributed by atoms with E-state index in [-0.39, 0.29) is 17.4 Å². The molecule has 27 heavy (non-hydrogen) atoms. The summed E-state index contributed by atoms with van der Waals surface area (Å²) < 4.78 is 5.68. The lowest BCUT2D eigenvalue weighted by Gasteiger charge is -2.24. The monoisotopic (exact) mass is 368 g/mol. The van der Waals surface area contributed by atoms with Gasteiger partial charge in [0.25, 0.3) is 11.8 Å². The summed E-state index contributed by atoms with van der Waals surface area (Å²) in [5.41, 5.74) is 1.98. The molecule has 1 atom stereocenters. The molecule has 0 spiro atoms. The molecule has 2 aromatic rings. The van der Waals surface area contributed by atoms with Crippen LogP contribution in [0.2, 0.25) is 0 Å². The molecule has 2 aromatic carbocycles. The van der Waals surface area contributed by atoms with Crippen molar-refractivity contribution < 1.29 is 14.3 Å². The summed E-state index contributed by atoms with van der Waals surface area (Å²) in [4.78, 5) is 24.6. The van der Waals surface area contributed by atoms with Gasteiger partial charge in [0, 0.05) is 16.8 Å². The minimum Gasteiger partial charge on any atom is -0.481 e. The van der Waals surface area contributed by atoms with Crippen LogP contribution in [0.15, 0.2) is 48.5 Å². The molecular weight excluding hydrogens is 340 g/mol. The van der Waals surface area contributed by atoms with Crippen molar-refractivity contribution in [3.63, 3.8) is 0 Å². The van der Waals surface area contributed by atoms with Crippen molar-refractivity contribution in [2.24, 2.45) is 0 Å². The van der Waals surface area contributed by atoms with Crippen LogP contribution in [0.1, 0.15) is 50.0 Å². The van der Waals surface area contributed by atoms with Crippen molar-refractivity contribution in [3.05, 3.63) is 59.7 Å². The molecule has 5 nitrogen and oxygen atoms in total. The summed E-state index contributed by atoms with van der Waals surface area (Å²) in [5.74, 6) is 0.278. The topological polar surface area (TPSA) is 67.4 Å². The molecule has 0 aliphatic heterocycles. The largest absolute Gasteiger partial charge is 0.481 e. The van der Waals surface area contributed by atoms with Crippen LogP contribution in [-0.4, -0.2) is 23.5 Å². The molecule has 0 aliphatic carbocycles. The van der Waals surface area contributed by atoms with E-state index in [1.54, 1.807) is 31.2 Å². The molecule has 144 valence electrons. The molecule has 1 unspecified atom stereocenters. The molecule has 2 amide bonds. The first kappa shape index (κ1) is 20.5. The lowest BCUT2D eigenvalue weighted by molar-refractivity contribution is -0.122. The Kier molecular flexibility index (Phi) is 6.61. The van der Waals surface area contributed by atoms with Crippen LogP contribution in [0.4, 0.5) is 5.69 Å². The van der Waals surface area contributed by atoms with Crippen molar-refractivity contribution in [2.75, 3.05) is 5.32 Å². The fraction of sp³-hybridized carbons (Fsp3) is 0.364. The Morgan fingerprint density at radius 3 is 2.37 bits per heavy atom. The second kappa shape index (κ2) is 8.71. The smallest absolute Gasteiger partial charge is 0.265 e. The Hall–Kier alpha value is -2.82. The number of anilines is 1. The number of benzene rings is 2. The van der Waals surface area contributed by atoms with Gasteiger partial charge in [-0.15, -0.1) is 0 Å². The summed E-state index contributed by atoms with van der Waals surface area (Å²) in [5, 5.41) is 5.79. The van der Waals surface area contributed by atoms with Crippen molar-refractivity contribution in [1.82, 2.24) is 5.32 Å². The normalized spacial score (nSPS) is 12.2. The molecule has 0 fully saturated rings. The number of hydrogen-bond acceptors (Lipinski definition) is 3. The van der Waals surface area contributed by atoms with Crippen LogP contribution in [0, 0.1) is 6.92 Å². The number of hydrogen-bond donors (Lipinski definition) is 2.